The van der Waals surface area contributed by atoms with Crippen LogP contribution in [0.2, 0.25) is 0 Å². The maximum Gasteiger partial charge on any atom is 0.191 e. The molecule has 1 aromatic carbocycles. The first-order valence-electron chi connectivity index (χ1n) is 8.02. The van der Waals surface area contributed by atoms with Crippen LogP contribution in [0.3, 0.4) is 0 Å². The van der Waals surface area contributed by atoms with Crippen molar-refractivity contribution in [1.29, 1.82) is 0 Å². The maximum atomic E-state index is 13.1. The zero-order chi connectivity index (χ0) is 16.1. The molecule has 0 saturated heterocycles. The van der Waals surface area contributed by atoms with Gasteiger partial charge < -0.3 is 10.6 Å². The smallest absolute Gasteiger partial charge is 0.191 e. The van der Waals surface area contributed by atoms with E-state index in [0.717, 1.165) is 31.9 Å². The summed E-state index contributed by atoms with van der Waals surface area (Å²) < 4.78 is 13.1. The second kappa shape index (κ2) is 8.80. The Morgan fingerprint density at radius 2 is 1.96 bits per heavy atom. The summed E-state index contributed by atoms with van der Waals surface area (Å²) in [6.07, 6.45) is 2.27. The molecule has 1 saturated carbocycles. The number of hydrogen-bond acceptors (Lipinski definition) is 2. The van der Waals surface area contributed by atoms with Crippen LogP contribution in [-0.2, 0) is 12.0 Å². The molecule has 1 heterocycles. The van der Waals surface area contributed by atoms with Gasteiger partial charge in [0, 0.05) is 23.4 Å². The number of hydrogen-bond donors (Lipinski definition) is 2. The first-order chi connectivity index (χ1) is 11.2. The summed E-state index contributed by atoms with van der Waals surface area (Å²) in [6.45, 7) is 4.42. The van der Waals surface area contributed by atoms with Gasteiger partial charge in [0.1, 0.15) is 5.82 Å². The molecule has 0 bridgehead atoms. The van der Waals surface area contributed by atoms with Crippen LogP contribution in [0, 0.1) is 5.82 Å². The summed E-state index contributed by atoms with van der Waals surface area (Å²) in [6, 6.07) is 11.0. The van der Waals surface area contributed by atoms with Crippen LogP contribution in [-0.4, -0.2) is 19.0 Å². The van der Waals surface area contributed by atoms with Crippen molar-refractivity contribution in [3.05, 3.63) is 58.0 Å². The van der Waals surface area contributed by atoms with Gasteiger partial charge in [-0.15, -0.1) is 35.3 Å². The minimum atomic E-state index is -0.177. The van der Waals surface area contributed by atoms with Crippen LogP contribution in [0.5, 0.6) is 0 Å². The Morgan fingerprint density at radius 1 is 1.21 bits per heavy atom. The average molecular weight is 459 g/mol. The molecule has 1 fully saturated rings. The van der Waals surface area contributed by atoms with Crippen molar-refractivity contribution in [2.75, 3.05) is 13.1 Å². The lowest BCUT2D eigenvalue weighted by Crippen LogP contribution is -2.41. The van der Waals surface area contributed by atoms with Gasteiger partial charge in [0.2, 0.25) is 0 Å². The van der Waals surface area contributed by atoms with E-state index in [0.29, 0.717) is 6.54 Å². The lowest BCUT2D eigenvalue weighted by Gasteiger charge is -2.19. The van der Waals surface area contributed by atoms with Gasteiger partial charge in [-0.25, -0.2) is 9.38 Å². The summed E-state index contributed by atoms with van der Waals surface area (Å²) in [5.74, 6) is 0.664. The molecule has 24 heavy (non-hydrogen) atoms. The highest BCUT2D eigenvalue weighted by molar-refractivity contribution is 14.0. The number of benzene rings is 1. The molecule has 0 unspecified atom stereocenters. The second-order valence-corrected chi connectivity index (χ2v) is 6.95. The number of thiophene rings is 1. The number of rotatable bonds is 6. The Bertz CT molecular complexity index is 651. The molecule has 0 radical (unpaired) electrons. The highest BCUT2D eigenvalue weighted by Crippen LogP contribution is 2.47. The van der Waals surface area contributed by atoms with E-state index < -0.39 is 0 Å². The first kappa shape index (κ1) is 19.2. The summed E-state index contributed by atoms with van der Waals surface area (Å²) >= 11 is 1.72. The van der Waals surface area contributed by atoms with Gasteiger partial charge >= 0.3 is 0 Å². The highest BCUT2D eigenvalue weighted by atomic mass is 127. The molecule has 0 atom stereocenters. The molecule has 0 aliphatic heterocycles. The SMILES string of the molecule is CCNC(=NCc1cccs1)NCC1(c2ccc(F)cc2)CC1.I. The molecular formula is C18H23FIN3S. The van der Waals surface area contributed by atoms with Crippen LogP contribution in [0.1, 0.15) is 30.2 Å². The van der Waals surface area contributed by atoms with E-state index >= 15 is 0 Å². The predicted octanol–water partition coefficient (Wildman–Crippen LogP) is 4.29. The van der Waals surface area contributed by atoms with Crippen molar-refractivity contribution in [2.45, 2.75) is 31.7 Å². The van der Waals surface area contributed by atoms with Crippen molar-refractivity contribution < 1.29 is 4.39 Å². The van der Waals surface area contributed by atoms with Gasteiger partial charge in [0.05, 0.1) is 6.54 Å². The van der Waals surface area contributed by atoms with Crippen molar-refractivity contribution in [3.8, 4) is 0 Å². The monoisotopic (exact) mass is 459 g/mol. The van der Waals surface area contributed by atoms with E-state index in [9.17, 15) is 4.39 Å². The summed E-state index contributed by atoms with van der Waals surface area (Å²) in [4.78, 5) is 5.89. The third-order valence-corrected chi connectivity index (χ3v) is 5.08. The maximum absolute atomic E-state index is 13.1. The van der Waals surface area contributed by atoms with E-state index in [-0.39, 0.29) is 35.2 Å². The molecular weight excluding hydrogens is 436 g/mol. The number of nitrogens with one attached hydrogen (secondary N) is 2. The fourth-order valence-corrected chi connectivity index (χ4v) is 3.30. The molecule has 1 aliphatic carbocycles. The Hall–Kier alpha value is -1.15. The van der Waals surface area contributed by atoms with Crippen molar-refractivity contribution in [3.63, 3.8) is 0 Å². The molecule has 130 valence electrons. The molecule has 0 amide bonds. The molecule has 3 nitrogen and oxygen atoms in total. The molecule has 0 spiro atoms. The molecule has 3 rings (SSSR count). The zero-order valence-corrected chi connectivity index (χ0v) is 16.9. The number of guanidine groups is 1. The van der Waals surface area contributed by atoms with E-state index in [1.807, 2.05) is 18.2 Å². The standard InChI is InChI=1S/C18H22FN3S.HI/c1-2-20-17(21-12-16-4-3-11-23-16)22-13-18(9-10-18)14-5-7-15(19)8-6-14;/h3-8,11H,2,9-10,12-13H2,1H3,(H2,20,21,22);1H. The lowest BCUT2D eigenvalue weighted by atomic mass is 9.96. The molecule has 1 aromatic heterocycles. The van der Waals surface area contributed by atoms with E-state index in [1.54, 1.807) is 23.5 Å². The van der Waals surface area contributed by atoms with Crippen molar-refractivity contribution >= 4 is 41.3 Å². The number of aliphatic imine (C=N–C) groups is 1. The Balaban J connectivity index is 0.00000208. The topological polar surface area (TPSA) is 36.4 Å². The third kappa shape index (κ3) is 4.92. The fraction of sp³-hybridized carbons (Fsp3) is 0.389. The largest absolute Gasteiger partial charge is 0.357 e. The van der Waals surface area contributed by atoms with Gasteiger partial charge in [-0.3, -0.25) is 0 Å². The van der Waals surface area contributed by atoms with Gasteiger partial charge in [-0.05, 0) is 48.9 Å². The predicted molar refractivity (Wildman–Crippen MR) is 110 cm³/mol. The Labute approximate surface area is 163 Å². The minimum Gasteiger partial charge on any atom is -0.357 e. The average Bonchev–Trinajstić information content (AvgIpc) is 3.16. The molecule has 1 aliphatic rings. The van der Waals surface area contributed by atoms with Crippen LogP contribution in [0.15, 0.2) is 46.8 Å². The van der Waals surface area contributed by atoms with Crippen LogP contribution in [0.4, 0.5) is 4.39 Å². The zero-order valence-electron chi connectivity index (χ0n) is 13.7. The number of halogens is 2. The Morgan fingerprint density at radius 3 is 2.54 bits per heavy atom. The number of nitrogens with zero attached hydrogens (tertiary/aromatic N) is 1. The molecule has 6 heteroatoms. The summed E-state index contributed by atoms with van der Waals surface area (Å²) in [5.41, 5.74) is 1.34. The van der Waals surface area contributed by atoms with Gasteiger partial charge in [-0.1, -0.05) is 18.2 Å². The minimum absolute atomic E-state index is 0. The molecule has 2 N–H and O–H groups in total. The third-order valence-electron chi connectivity index (χ3n) is 4.22. The summed E-state index contributed by atoms with van der Waals surface area (Å²) in [5, 5.41) is 8.81. The second-order valence-electron chi connectivity index (χ2n) is 5.92. The van der Waals surface area contributed by atoms with E-state index in [4.69, 9.17) is 0 Å². The van der Waals surface area contributed by atoms with E-state index in [2.05, 4.69) is 34.0 Å². The van der Waals surface area contributed by atoms with Gasteiger partial charge in [0.15, 0.2) is 5.96 Å². The van der Waals surface area contributed by atoms with Crippen molar-refractivity contribution in [2.24, 2.45) is 4.99 Å². The van der Waals surface area contributed by atoms with E-state index in [1.165, 1.54) is 10.4 Å². The quantitative estimate of drug-likeness (QED) is 0.384. The normalized spacial score (nSPS) is 15.5. The summed E-state index contributed by atoms with van der Waals surface area (Å²) in [7, 11) is 0. The first-order valence-corrected chi connectivity index (χ1v) is 8.90. The fourth-order valence-electron chi connectivity index (χ4n) is 2.68. The van der Waals surface area contributed by atoms with Crippen LogP contribution >= 0.6 is 35.3 Å². The highest BCUT2D eigenvalue weighted by Gasteiger charge is 2.44. The van der Waals surface area contributed by atoms with Crippen molar-refractivity contribution in [1.82, 2.24) is 10.6 Å². The molecule has 2 aromatic rings. The van der Waals surface area contributed by atoms with Crippen LogP contribution < -0.4 is 10.6 Å². The van der Waals surface area contributed by atoms with Gasteiger partial charge in [0.25, 0.3) is 0 Å². The Kier molecular flexibility index (Phi) is 7.03. The van der Waals surface area contributed by atoms with Crippen LogP contribution in [0.25, 0.3) is 0 Å². The lowest BCUT2D eigenvalue weighted by molar-refractivity contribution is 0.617. The van der Waals surface area contributed by atoms with Gasteiger partial charge in [-0.2, -0.15) is 0 Å².